The number of benzene rings is 2. The van der Waals surface area contributed by atoms with Crippen LogP contribution >= 0.6 is 0 Å². The third-order valence-electron chi connectivity index (χ3n) is 4.52. The number of hydrogen-bond acceptors (Lipinski definition) is 4. The first-order valence-electron chi connectivity index (χ1n) is 8.94. The summed E-state index contributed by atoms with van der Waals surface area (Å²) in [6.45, 7) is 0.522. The number of imidazole rings is 2. The Morgan fingerprint density at radius 3 is 2.36 bits per heavy atom. The maximum absolute atomic E-state index is 4.66. The van der Waals surface area contributed by atoms with Crippen molar-refractivity contribution in [2.75, 3.05) is 0 Å². The van der Waals surface area contributed by atoms with Gasteiger partial charge in [-0.1, -0.05) is 60.7 Å². The molecule has 3 heterocycles. The van der Waals surface area contributed by atoms with Crippen LogP contribution in [0.4, 0.5) is 0 Å². The molecule has 0 spiro atoms. The van der Waals surface area contributed by atoms with E-state index >= 15 is 0 Å². The van der Waals surface area contributed by atoms with Crippen molar-refractivity contribution in [1.82, 2.24) is 34.7 Å². The van der Waals surface area contributed by atoms with Crippen LogP contribution in [0, 0.1) is 0 Å². The molecule has 2 aromatic carbocycles. The van der Waals surface area contributed by atoms with E-state index in [4.69, 9.17) is 0 Å². The van der Waals surface area contributed by atoms with Crippen molar-refractivity contribution in [3.63, 3.8) is 0 Å². The number of H-pyrrole nitrogens is 2. The van der Waals surface area contributed by atoms with Crippen LogP contribution in [0.15, 0.2) is 79.5 Å². The van der Waals surface area contributed by atoms with Crippen LogP contribution < -0.4 is 0 Å². The lowest BCUT2D eigenvalue weighted by molar-refractivity contribution is 0.752. The molecule has 0 fully saturated rings. The van der Waals surface area contributed by atoms with Gasteiger partial charge >= 0.3 is 0 Å². The van der Waals surface area contributed by atoms with E-state index in [1.807, 2.05) is 59.4 Å². The predicted molar refractivity (Wildman–Crippen MR) is 106 cm³/mol. The number of hydrogen-bond donors (Lipinski definition) is 2. The summed E-state index contributed by atoms with van der Waals surface area (Å²) in [4.78, 5) is 16.7. The van der Waals surface area contributed by atoms with E-state index in [2.05, 4.69) is 42.3 Å². The van der Waals surface area contributed by atoms with Gasteiger partial charge in [0.1, 0.15) is 5.82 Å². The van der Waals surface area contributed by atoms with Gasteiger partial charge in [-0.2, -0.15) is 5.10 Å². The van der Waals surface area contributed by atoms with Crippen LogP contribution in [0.25, 0.3) is 34.0 Å². The standard InChI is InChI=1S/C21H17N7/c1-3-7-15(8-4-1)19-20(17-11-22-13-23-17)28(14-24-19)12-18-25-21(27-26-18)16-9-5-2-6-10-16/h1-11,13-14H,12H2,(H,22,23)(H,25,26,27). The number of aromatic amines is 2. The Morgan fingerprint density at radius 1 is 0.893 bits per heavy atom. The number of aromatic nitrogens is 7. The Morgan fingerprint density at radius 2 is 1.64 bits per heavy atom. The van der Waals surface area contributed by atoms with Crippen molar-refractivity contribution >= 4 is 0 Å². The van der Waals surface area contributed by atoms with Crippen molar-refractivity contribution in [2.24, 2.45) is 0 Å². The minimum atomic E-state index is 0.522. The summed E-state index contributed by atoms with van der Waals surface area (Å²) < 4.78 is 2.05. The molecule has 0 saturated carbocycles. The lowest BCUT2D eigenvalue weighted by Gasteiger charge is -2.07. The Kier molecular flexibility index (Phi) is 4.02. The molecule has 0 amide bonds. The van der Waals surface area contributed by atoms with Crippen molar-refractivity contribution in [3.8, 4) is 34.0 Å². The molecule has 0 aliphatic heterocycles. The zero-order valence-corrected chi connectivity index (χ0v) is 14.9. The van der Waals surface area contributed by atoms with Crippen molar-refractivity contribution in [2.45, 2.75) is 6.54 Å². The van der Waals surface area contributed by atoms with Crippen molar-refractivity contribution < 1.29 is 0 Å². The van der Waals surface area contributed by atoms with Gasteiger partial charge in [-0.3, -0.25) is 5.10 Å². The van der Waals surface area contributed by atoms with Gasteiger partial charge in [0.25, 0.3) is 0 Å². The molecule has 28 heavy (non-hydrogen) atoms. The zero-order valence-electron chi connectivity index (χ0n) is 14.9. The Balaban J connectivity index is 1.53. The summed E-state index contributed by atoms with van der Waals surface area (Å²) >= 11 is 0. The highest BCUT2D eigenvalue weighted by atomic mass is 15.2. The first-order chi connectivity index (χ1) is 13.9. The molecular formula is C21H17N7. The minimum absolute atomic E-state index is 0.522. The van der Waals surface area contributed by atoms with E-state index in [9.17, 15) is 0 Å². The fourth-order valence-electron chi connectivity index (χ4n) is 3.22. The van der Waals surface area contributed by atoms with Gasteiger partial charge in [0, 0.05) is 11.1 Å². The second-order valence-corrected chi connectivity index (χ2v) is 6.37. The number of rotatable bonds is 5. The highest BCUT2D eigenvalue weighted by molar-refractivity contribution is 5.76. The fourth-order valence-corrected chi connectivity index (χ4v) is 3.22. The van der Waals surface area contributed by atoms with Gasteiger partial charge < -0.3 is 9.55 Å². The second-order valence-electron chi connectivity index (χ2n) is 6.37. The summed E-state index contributed by atoms with van der Waals surface area (Å²) in [5.74, 6) is 1.44. The van der Waals surface area contributed by atoms with Crippen LogP contribution in [0.5, 0.6) is 0 Å². The van der Waals surface area contributed by atoms with Crippen LogP contribution in [0.2, 0.25) is 0 Å². The maximum Gasteiger partial charge on any atom is 0.181 e. The van der Waals surface area contributed by atoms with Gasteiger partial charge in [-0.15, -0.1) is 0 Å². The zero-order chi connectivity index (χ0) is 18.8. The second kappa shape index (κ2) is 6.96. The van der Waals surface area contributed by atoms with Crippen molar-refractivity contribution in [3.05, 3.63) is 85.3 Å². The number of nitrogens with zero attached hydrogens (tertiary/aromatic N) is 5. The monoisotopic (exact) mass is 367 g/mol. The van der Waals surface area contributed by atoms with Crippen molar-refractivity contribution in [1.29, 1.82) is 0 Å². The van der Waals surface area contributed by atoms with E-state index in [1.165, 1.54) is 0 Å². The summed E-state index contributed by atoms with van der Waals surface area (Å²) in [5.41, 5.74) is 4.79. The molecular weight excluding hydrogens is 350 g/mol. The topological polar surface area (TPSA) is 88.1 Å². The molecule has 0 aliphatic carbocycles. The molecule has 0 aliphatic rings. The predicted octanol–water partition coefficient (Wildman–Crippen LogP) is 3.77. The first-order valence-corrected chi connectivity index (χ1v) is 8.94. The quantitative estimate of drug-likeness (QED) is 0.495. The largest absolute Gasteiger partial charge is 0.343 e. The van der Waals surface area contributed by atoms with Gasteiger partial charge in [0.2, 0.25) is 0 Å². The molecule has 3 aromatic heterocycles. The van der Waals surface area contributed by atoms with Crippen LogP contribution in [0.3, 0.4) is 0 Å². The highest BCUT2D eigenvalue weighted by Crippen LogP contribution is 2.30. The average molecular weight is 367 g/mol. The SMILES string of the molecule is c1ccc(-c2n[nH]c(Cn3cnc(-c4ccccc4)c3-c3cnc[nH]3)n2)cc1. The lowest BCUT2D eigenvalue weighted by Crippen LogP contribution is -2.03. The molecule has 0 atom stereocenters. The molecule has 5 aromatic rings. The maximum atomic E-state index is 4.66. The number of nitrogens with one attached hydrogen (secondary N) is 2. The van der Waals surface area contributed by atoms with E-state index in [0.717, 1.165) is 34.0 Å². The van der Waals surface area contributed by atoms with Gasteiger partial charge in [0.05, 0.1) is 42.5 Å². The Hall–Kier alpha value is -4.00. The normalized spacial score (nSPS) is 11.0. The molecule has 7 heteroatoms. The smallest absolute Gasteiger partial charge is 0.181 e. The summed E-state index contributed by atoms with van der Waals surface area (Å²) in [7, 11) is 0. The van der Waals surface area contributed by atoms with E-state index in [-0.39, 0.29) is 0 Å². The molecule has 136 valence electrons. The fraction of sp³-hybridized carbons (Fsp3) is 0.0476. The third-order valence-corrected chi connectivity index (χ3v) is 4.52. The Bertz CT molecular complexity index is 1170. The molecule has 7 nitrogen and oxygen atoms in total. The molecule has 2 N–H and O–H groups in total. The summed E-state index contributed by atoms with van der Waals surface area (Å²) in [5, 5.41) is 7.39. The van der Waals surface area contributed by atoms with Crippen LogP contribution in [0.1, 0.15) is 5.82 Å². The van der Waals surface area contributed by atoms with E-state index < -0.39 is 0 Å². The first kappa shape index (κ1) is 16.2. The van der Waals surface area contributed by atoms with Gasteiger partial charge in [-0.25, -0.2) is 15.0 Å². The Labute approximate surface area is 161 Å². The summed E-state index contributed by atoms with van der Waals surface area (Å²) in [6.07, 6.45) is 5.29. The van der Waals surface area contributed by atoms with Crippen LogP contribution in [-0.4, -0.2) is 34.7 Å². The van der Waals surface area contributed by atoms with Gasteiger partial charge in [0.15, 0.2) is 5.82 Å². The lowest BCUT2D eigenvalue weighted by atomic mass is 10.1. The highest BCUT2D eigenvalue weighted by Gasteiger charge is 2.17. The summed E-state index contributed by atoms with van der Waals surface area (Å²) in [6, 6.07) is 20.0. The molecule has 0 unspecified atom stereocenters. The van der Waals surface area contributed by atoms with E-state index in [1.54, 1.807) is 12.5 Å². The minimum Gasteiger partial charge on any atom is -0.343 e. The van der Waals surface area contributed by atoms with Gasteiger partial charge in [-0.05, 0) is 0 Å². The molecule has 0 radical (unpaired) electrons. The molecule has 0 bridgehead atoms. The van der Waals surface area contributed by atoms with Crippen LogP contribution in [-0.2, 0) is 6.54 Å². The molecule has 0 saturated heterocycles. The third kappa shape index (κ3) is 2.99. The van der Waals surface area contributed by atoms with E-state index in [0.29, 0.717) is 12.4 Å². The average Bonchev–Trinajstić information content (AvgIpc) is 3.50. The molecule has 5 rings (SSSR count).